The minimum absolute atomic E-state index is 0.0488. The zero-order valence-corrected chi connectivity index (χ0v) is 13.2. The molecule has 2 atom stereocenters. The van der Waals surface area contributed by atoms with Gasteiger partial charge in [-0.2, -0.15) is 9.57 Å². The quantitative estimate of drug-likeness (QED) is 0.921. The van der Waals surface area contributed by atoms with E-state index in [0.717, 1.165) is 19.3 Å². The van der Waals surface area contributed by atoms with Crippen molar-refractivity contribution in [3.05, 3.63) is 29.3 Å². The number of hydrogen-bond acceptors (Lipinski definition) is 4. The van der Waals surface area contributed by atoms with E-state index in [1.165, 1.54) is 6.07 Å². The van der Waals surface area contributed by atoms with Crippen LogP contribution in [0.15, 0.2) is 23.1 Å². The van der Waals surface area contributed by atoms with Crippen molar-refractivity contribution in [1.29, 1.82) is 5.26 Å². The molecule has 0 aliphatic carbocycles. The Morgan fingerprint density at radius 1 is 1.43 bits per heavy atom. The van der Waals surface area contributed by atoms with Gasteiger partial charge in [0, 0.05) is 18.6 Å². The second-order valence-corrected chi connectivity index (χ2v) is 7.41. The van der Waals surface area contributed by atoms with Gasteiger partial charge in [-0.25, -0.2) is 8.42 Å². The number of nitrogens with zero attached hydrogens (tertiary/aromatic N) is 2. The summed E-state index contributed by atoms with van der Waals surface area (Å²) in [6, 6.07) is 6.52. The number of rotatable bonds is 3. The lowest BCUT2D eigenvalue weighted by Crippen LogP contribution is -2.51. The standard InChI is InChI=1S/C15H21N3O2S/c1-11-8-13(9-16)6-7-15(11)21(19,20)18-12(2)4-3-5-14(18)10-17/h6-8,12,14H,3-5,10,17H2,1-2H3. The van der Waals surface area contributed by atoms with Crippen molar-refractivity contribution >= 4 is 10.0 Å². The van der Waals surface area contributed by atoms with E-state index in [9.17, 15) is 8.42 Å². The molecule has 0 spiro atoms. The van der Waals surface area contributed by atoms with Gasteiger partial charge < -0.3 is 5.73 Å². The van der Waals surface area contributed by atoms with Crippen LogP contribution in [-0.2, 0) is 10.0 Å². The summed E-state index contributed by atoms with van der Waals surface area (Å²) >= 11 is 0. The summed E-state index contributed by atoms with van der Waals surface area (Å²) in [6.07, 6.45) is 2.65. The molecule has 114 valence electrons. The summed E-state index contributed by atoms with van der Waals surface area (Å²) in [5.41, 5.74) is 6.83. The molecule has 0 bridgehead atoms. The Morgan fingerprint density at radius 3 is 2.71 bits per heavy atom. The molecule has 21 heavy (non-hydrogen) atoms. The first-order valence-electron chi connectivity index (χ1n) is 7.16. The zero-order valence-electron chi connectivity index (χ0n) is 12.4. The minimum atomic E-state index is -3.58. The molecule has 1 aliphatic heterocycles. The lowest BCUT2D eigenvalue weighted by molar-refractivity contribution is 0.196. The molecular weight excluding hydrogens is 286 g/mol. The molecule has 1 fully saturated rings. The molecule has 2 N–H and O–H groups in total. The molecule has 2 rings (SSSR count). The van der Waals surface area contributed by atoms with Crippen molar-refractivity contribution in [2.45, 2.75) is 50.1 Å². The Balaban J connectivity index is 2.48. The first kappa shape index (κ1) is 16.0. The van der Waals surface area contributed by atoms with Crippen molar-refractivity contribution in [2.24, 2.45) is 5.73 Å². The molecule has 5 nitrogen and oxygen atoms in total. The molecule has 1 aromatic rings. The molecule has 0 amide bonds. The number of piperidine rings is 1. The summed E-state index contributed by atoms with van der Waals surface area (Å²) < 4.78 is 27.5. The van der Waals surface area contributed by atoms with Crippen LogP contribution in [0.4, 0.5) is 0 Å². The summed E-state index contributed by atoms with van der Waals surface area (Å²) in [5.74, 6) is 0. The summed E-state index contributed by atoms with van der Waals surface area (Å²) in [6.45, 7) is 3.98. The van der Waals surface area contributed by atoms with Gasteiger partial charge in [-0.1, -0.05) is 6.42 Å². The van der Waals surface area contributed by atoms with E-state index in [1.54, 1.807) is 23.4 Å². The Hall–Kier alpha value is -1.42. The number of sulfonamides is 1. The molecule has 0 aromatic heterocycles. The Morgan fingerprint density at radius 2 is 2.14 bits per heavy atom. The second kappa shape index (κ2) is 6.14. The van der Waals surface area contributed by atoms with E-state index in [2.05, 4.69) is 0 Å². The van der Waals surface area contributed by atoms with Gasteiger partial charge in [0.1, 0.15) is 0 Å². The van der Waals surface area contributed by atoms with Gasteiger partial charge in [-0.05, 0) is 50.5 Å². The normalized spacial score (nSPS) is 23.7. The molecule has 1 heterocycles. The van der Waals surface area contributed by atoms with Crippen molar-refractivity contribution in [3.8, 4) is 6.07 Å². The third-order valence-electron chi connectivity index (χ3n) is 4.09. The first-order valence-corrected chi connectivity index (χ1v) is 8.60. The van der Waals surface area contributed by atoms with Crippen molar-refractivity contribution in [3.63, 3.8) is 0 Å². The number of aryl methyl sites for hydroxylation is 1. The SMILES string of the molecule is Cc1cc(C#N)ccc1S(=O)(=O)N1C(C)CCCC1CN. The highest BCUT2D eigenvalue weighted by atomic mass is 32.2. The fraction of sp³-hybridized carbons (Fsp3) is 0.533. The predicted octanol–water partition coefficient (Wildman–Crippen LogP) is 1.76. The maximum absolute atomic E-state index is 13.0. The van der Waals surface area contributed by atoms with E-state index in [1.807, 2.05) is 13.0 Å². The maximum Gasteiger partial charge on any atom is 0.243 e. The third kappa shape index (κ3) is 2.95. The van der Waals surface area contributed by atoms with Crippen molar-refractivity contribution < 1.29 is 8.42 Å². The number of benzene rings is 1. The number of hydrogen-bond donors (Lipinski definition) is 1. The molecule has 2 unspecified atom stereocenters. The molecule has 1 saturated heterocycles. The van der Waals surface area contributed by atoms with Gasteiger partial charge in [-0.3, -0.25) is 0 Å². The summed E-state index contributed by atoms with van der Waals surface area (Å²) in [5, 5.41) is 8.90. The van der Waals surface area contributed by atoms with Crippen LogP contribution in [0.25, 0.3) is 0 Å². The highest BCUT2D eigenvalue weighted by Gasteiger charge is 2.37. The molecular formula is C15H21N3O2S. The van der Waals surface area contributed by atoms with Crippen LogP contribution in [0.5, 0.6) is 0 Å². The van der Waals surface area contributed by atoms with E-state index in [0.29, 0.717) is 17.7 Å². The van der Waals surface area contributed by atoms with Gasteiger partial charge in [-0.15, -0.1) is 0 Å². The van der Waals surface area contributed by atoms with E-state index >= 15 is 0 Å². The van der Waals surface area contributed by atoms with E-state index in [4.69, 9.17) is 11.0 Å². The van der Waals surface area contributed by atoms with Gasteiger partial charge in [0.05, 0.1) is 16.5 Å². The van der Waals surface area contributed by atoms with Crippen LogP contribution in [0.3, 0.4) is 0 Å². The average molecular weight is 307 g/mol. The topological polar surface area (TPSA) is 87.2 Å². The third-order valence-corrected chi connectivity index (χ3v) is 6.31. The van der Waals surface area contributed by atoms with Crippen LogP contribution in [0.2, 0.25) is 0 Å². The fourth-order valence-electron chi connectivity index (χ4n) is 3.04. The second-order valence-electron chi connectivity index (χ2n) is 5.60. The van der Waals surface area contributed by atoms with E-state index in [-0.39, 0.29) is 17.0 Å². The Labute approximate surface area is 126 Å². The van der Waals surface area contributed by atoms with Crippen LogP contribution < -0.4 is 5.73 Å². The smallest absolute Gasteiger partial charge is 0.243 e. The average Bonchev–Trinajstić information content (AvgIpc) is 2.46. The van der Waals surface area contributed by atoms with Crippen LogP contribution in [-0.4, -0.2) is 31.4 Å². The highest BCUT2D eigenvalue weighted by Crippen LogP contribution is 2.30. The van der Waals surface area contributed by atoms with Crippen LogP contribution in [0.1, 0.15) is 37.3 Å². The molecule has 6 heteroatoms. The zero-order chi connectivity index (χ0) is 15.6. The Kier molecular flexibility index (Phi) is 4.67. The molecule has 0 saturated carbocycles. The minimum Gasteiger partial charge on any atom is -0.329 e. The van der Waals surface area contributed by atoms with Gasteiger partial charge in [0.2, 0.25) is 10.0 Å². The monoisotopic (exact) mass is 307 g/mol. The fourth-order valence-corrected chi connectivity index (χ4v) is 5.14. The molecule has 1 aliphatic rings. The number of nitriles is 1. The van der Waals surface area contributed by atoms with Crippen molar-refractivity contribution in [2.75, 3.05) is 6.54 Å². The van der Waals surface area contributed by atoms with Crippen LogP contribution in [0, 0.1) is 18.3 Å². The van der Waals surface area contributed by atoms with Gasteiger partial charge in [0.25, 0.3) is 0 Å². The Bertz CT molecular complexity index is 664. The predicted molar refractivity (Wildman–Crippen MR) is 81.1 cm³/mol. The largest absolute Gasteiger partial charge is 0.329 e. The van der Waals surface area contributed by atoms with Gasteiger partial charge in [0.15, 0.2) is 0 Å². The van der Waals surface area contributed by atoms with Crippen LogP contribution >= 0.6 is 0 Å². The first-order chi connectivity index (χ1) is 9.91. The maximum atomic E-state index is 13.0. The van der Waals surface area contributed by atoms with E-state index < -0.39 is 10.0 Å². The van der Waals surface area contributed by atoms with Crippen molar-refractivity contribution in [1.82, 2.24) is 4.31 Å². The number of nitrogens with two attached hydrogens (primary N) is 1. The molecule has 0 radical (unpaired) electrons. The highest BCUT2D eigenvalue weighted by molar-refractivity contribution is 7.89. The van der Waals surface area contributed by atoms with Gasteiger partial charge >= 0.3 is 0 Å². The molecule has 1 aromatic carbocycles. The summed E-state index contributed by atoms with van der Waals surface area (Å²) in [7, 11) is -3.58. The summed E-state index contributed by atoms with van der Waals surface area (Å²) in [4.78, 5) is 0.272. The lowest BCUT2D eigenvalue weighted by Gasteiger charge is -2.39. The lowest BCUT2D eigenvalue weighted by atomic mass is 10.00.